The fourth-order valence-electron chi connectivity index (χ4n) is 1.56. The van der Waals surface area contributed by atoms with Crippen molar-refractivity contribution in [3.63, 3.8) is 0 Å². The van der Waals surface area contributed by atoms with Crippen molar-refractivity contribution in [2.45, 2.75) is 30.3 Å². The molecule has 0 heterocycles. The zero-order valence-electron chi connectivity index (χ0n) is 10.0. The molecule has 0 radical (unpaired) electrons. The van der Waals surface area contributed by atoms with Crippen molar-refractivity contribution in [2.75, 3.05) is 19.5 Å². The van der Waals surface area contributed by atoms with Gasteiger partial charge in [0, 0.05) is 34.8 Å². The van der Waals surface area contributed by atoms with Crippen LogP contribution in [-0.4, -0.2) is 25.5 Å². The molecule has 0 aromatic heterocycles. The first-order valence-corrected chi connectivity index (χ1v) is 7.71. The van der Waals surface area contributed by atoms with Crippen LogP contribution in [0.1, 0.15) is 18.4 Å². The molecule has 1 saturated carbocycles. The van der Waals surface area contributed by atoms with E-state index in [1.165, 1.54) is 27.8 Å². The Hall–Kier alpha value is -0.0300. The quantitative estimate of drug-likeness (QED) is 0.615. The van der Waals surface area contributed by atoms with Crippen LogP contribution in [0.5, 0.6) is 0 Å². The topological polar surface area (TPSA) is 21.3 Å². The van der Waals surface area contributed by atoms with Gasteiger partial charge < -0.3 is 10.1 Å². The van der Waals surface area contributed by atoms with E-state index in [-0.39, 0.29) is 0 Å². The zero-order chi connectivity index (χ0) is 12.1. The van der Waals surface area contributed by atoms with Crippen LogP contribution in [0.15, 0.2) is 27.6 Å². The van der Waals surface area contributed by atoms with E-state index in [4.69, 9.17) is 4.74 Å². The average molecular weight is 316 g/mol. The fraction of sp³-hybridized carbons (Fsp3) is 0.538. The van der Waals surface area contributed by atoms with Gasteiger partial charge in [0.05, 0.1) is 6.61 Å². The third-order valence-corrected chi connectivity index (χ3v) is 4.67. The van der Waals surface area contributed by atoms with Gasteiger partial charge in [-0.05, 0) is 46.5 Å². The molecular formula is C13H18BrNOS. The normalized spacial score (nSPS) is 15.2. The Morgan fingerprint density at radius 2 is 2.29 bits per heavy atom. The highest BCUT2D eigenvalue weighted by molar-refractivity contribution is 9.10. The van der Waals surface area contributed by atoms with Crippen molar-refractivity contribution >= 4 is 27.7 Å². The van der Waals surface area contributed by atoms with Crippen molar-refractivity contribution in [3.8, 4) is 0 Å². The lowest BCUT2D eigenvalue weighted by Crippen LogP contribution is -2.15. The summed E-state index contributed by atoms with van der Waals surface area (Å²) in [7, 11) is 1.74. The van der Waals surface area contributed by atoms with E-state index in [1.807, 2.05) is 11.8 Å². The Bertz CT molecular complexity index is 368. The van der Waals surface area contributed by atoms with Crippen LogP contribution in [0.2, 0.25) is 0 Å². The standard InChI is InChI=1S/C13H18BrNOS/c1-16-6-7-17-13-5-2-10(8-12(13)14)9-15-11-3-4-11/h2,5,8,11,15H,3-4,6-7,9H2,1H3. The number of nitrogens with one attached hydrogen (secondary N) is 1. The number of rotatable bonds is 7. The van der Waals surface area contributed by atoms with Gasteiger partial charge in [-0.1, -0.05) is 6.07 Å². The van der Waals surface area contributed by atoms with Crippen LogP contribution in [0, 0.1) is 0 Å². The number of benzene rings is 1. The minimum Gasteiger partial charge on any atom is -0.384 e. The third kappa shape index (κ3) is 4.62. The smallest absolute Gasteiger partial charge is 0.0556 e. The molecule has 1 aliphatic rings. The second kappa shape index (κ2) is 6.78. The summed E-state index contributed by atoms with van der Waals surface area (Å²) in [6.45, 7) is 1.77. The average Bonchev–Trinajstić information content (AvgIpc) is 3.13. The van der Waals surface area contributed by atoms with Crippen LogP contribution in [0.25, 0.3) is 0 Å². The molecule has 2 nitrogen and oxygen atoms in total. The third-order valence-electron chi connectivity index (χ3n) is 2.71. The SMILES string of the molecule is COCCSc1ccc(CNC2CC2)cc1Br. The molecule has 1 fully saturated rings. The Morgan fingerprint density at radius 1 is 1.47 bits per heavy atom. The number of hydrogen-bond donors (Lipinski definition) is 1. The number of halogens is 1. The predicted octanol–water partition coefficient (Wildman–Crippen LogP) is 3.44. The highest BCUT2D eigenvalue weighted by atomic mass is 79.9. The zero-order valence-corrected chi connectivity index (χ0v) is 12.4. The van der Waals surface area contributed by atoms with Crippen molar-refractivity contribution in [1.82, 2.24) is 5.32 Å². The summed E-state index contributed by atoms with van der Waals surface area (Å²) in [5.41, 5.74) is 1.35. The predicted molar refractivity (Wildman–Crippen MR) is 76.6 cm³/mol. The molecule has 0 amide bonds. The van der Waals surface area contributed by atoms with Gasteiger partial charge in [-0.25, -0.2) is 0 Å². The summed E-state index contributed by atoms with van der Waals surface area (Å²) >= 11 is 5.46. The Kier molecular flexibility index (Phi) is 5.35. The molecule has 4 heteroatoms. The summed E-state index contributed by atoms with van der Waals surface area (Å²) in [6.07, 6.45) is 2.68. The molecule has 1 aromatic rings. The van der Waals surface area contributed by atoms with Gasteiger partial charge in [0.1, 0.15) is 0 Å². The van der Waals surface area contributed by atoms with Gasteiger partial charge in [0.15, 0.2) is 0 Å². The number of ether oxygens (including phenoxy) is 1. The maximum Gasteiger partial charge on any atom is 0.0556 e. The van der Waals surface area contributed by atoms with Crippen molar-refractivity contribution in [1.29, 1.82) is 0 Å². The summed E-state index contributed by atoms with van der Waals surface area (Å²) < 4.78 is 6.24. The lowest BCUT2D eigenvalue weighted by Gasteiger charge is -2.08. The van der Waals surface area contributed by atoms with E-state index in [0.29, 0.717) is 0 Å². The first-order valence-electron chi connectivity index (χ1n) is 5.93. The molecular weight excluding hydrogens is 298 g/mol. The van der Waals surface area contributed by atoms with Gasteiger partial charge >= 0.3 is 0 Å². The molecule has 0 spiro atoms. The van der Waals surface area contributed by atoms with Gasteiger partial charge in [-0.15, -0.1) is 11.8 Å². The van der Waals surface area contributed by atoms with Crippen LogP contribution in [0.4, 0.5) is 0 Å². The van der Waals surface area contributed by atoms with Crippen molar-refractivity contribution in [2.24, 2.45) is 0 Å². The molecule has 0 saturated heterocycles. The monoisotopic (exact) mass is 315 g/mol. The molecule has 0 aliphatic heterocycles. The van der Waals surface area contributed by atoms with Crippen molar-refractivity contribution in [3.05, 3.63) is 28.2 Å². The van der Waals surface area contributed by atoms with E-state index in [1.54, 1.807) is 7.11 Å². The second-order valence-corrected chi connectivity index (χ2v) is 6.25. The highest BCUT2D eigenvalue weighted by Crippen LogP contribution is 2.28. The minimum absolute atomic E-state index is 0.768. The molecule has 0 unspecified atom stereocenters. The molecule has 17 heavy (non-hydrogen) atoms. The summed E-state index contributed by atoms with van der Waals surface area (Å²) in [5.74, 6) is 0.995. The molecule has 1 N–H and O–H groups in total. The molecule has 0 bridgehead atoms. The molecule has 94 valence electrons. The molecule has 1 aliphatic carbocycles. The van der Waals surface area contributed by atoms with Crippen molar-refractivity contribution < 1.29 is 4.74 Å². The van der Waals surface area contributed by atoms with E-state index < -0.39 is 0 Å². The maximum absolute atomic E-state index is 5.05. The first-order chi connectivity index (χ1) is 8.29. The van der Waals surface area contributed by atoms with Crippen LogP contribution >= 0.6 is 27.7 Å². The van der Waals surface area contributed by atoms with Gasteiger partial charge in [-0.2, -0.15) is 0 Å². The van der Waals surface area contributed by atoms with E-state index in [2.05, 4.69) is 39.4 Å². The molecule has 2 rings (SSSR count). The number of thioether (sulfide) groups is 1. The molecule has 0 atom stereocenters. The maximum atomic E-state index is 5.05. The van der Waals surface area contributed by atoms with E-state index in [0.717, 1.165) is 24.9 Å². The largest absolute Gasteiger partial charge is 0.384 e. The van der Waals surface area contributed by atoms with Gasteiger partial charge in [0.2, 0.25) is 0 Å². The Labute approximate surface area is 116 Å². The lowest BCUT2D eigenvalue weighted by atomic mass is 10.2. The second-order valence-electron chi connectivity index (χ2n) is 4.26. The molecule has 1 aromatic carbocycles. The van der Waals surface area contributed by atoms with E-state index >= 15 is 0 Å². The lowest BCUT2D eigenvalue weighted by molar-refractivity contribution is 0.218. The van der Waals surface area contributed by atoms with Gasteiger partial charge in [-0.3, -0.25) is 0 Å². The van der Waals surface area contributed by atoms with Crippen LogP contribution in [-0.2, 0) is 11.3 Å². The minimum atomic E-state index is 0.768. The van der Waals surface area contributed by atoms with E-state index in [9.17, 15) is 0 Å². The number of hydrogen-bond acceptors (Lipinski definition) is 3. The summed E-state index contributed by atoms with van der Waals surface area (Å²) in [6, 6.07) is 7.37. The number of methoxy groups -OCH3 is 1. The van der Waals surface area contributed by atoms with Crippen LogP contribution < -0.4 is 5.32 Å². The summed E-state index contributed by atoms with van der Waals surface area (Å²) in [5, 5.41) is 3.52. The first kappa shape index (κ1) is 13.4. The Morgan fingerprint density at radius 3 is 2.94 bits per heavy atom. The van der Waals surface area contributed by atoms with Gasteiger partial charge in [0.25, 0.3) is 0 Å². The Balaban J connectivity index is 1.85. The summed E-state index contributed by atoms with van der Waals surface area (Å²) in [4.78, 5) is 1.29. The fourth-order valence-corrected chi connectivity index (χ4v) is 3.16. The highest BCUT2D eigenvalue weighted by Gasteiger charge is 2.19. The van der Waals surface area contributed by atoms with Crippen LogP contribution in [0.3, 0.4) is 0 Å².